The zero-order valence-corrected chi connectivity index (χ0v) is 20.4. The lowest BCUT2D eigenvalue weighted by Crippen LogP contribution is -2.39. The fourth-order valence-electron chi connectivity index (χ4n) is 3.67. The average molecular weight is 488 g/mol. The summed E-state index contributed by atoms with van der Waals surface area (Å²) in [6, 6.07) is 2.98. The number of imidazole rings is 1. The van der Waals surface area contributed by atoms with E-state index in [-0.39, 0.29) is 18.7 Å². The van der Waals surface area contributed by atoms with Crippen LogP contribution in [0.3, 0.4) is 0 Å². The molecular formula is C22H31ClFN3O4S. The van der Waals surface area contributed by atoms with Crippen molar-refractivity contribution in [2.75, 3.05) is 6.26 Å². The molecule has 32 heavy (non-hydrogen) atoms. The second-order valence-electron chi connectivity index (χ2n) is 8.39. The molecule has 0 bridgehead atoms. The summed E-state index contributed by atoms with van der Waals surface area (Å²) < 4.78 is 34.5. The zero-order chi connectivity index (χ0) is 24.1. The highest BCUT2D eigenvalue weighted by Crippen LogP contribution is 2.35. The van der Waals surface area contributed by atoms with Crippen molar-refractivity contribution in [3.05, 3.63) is 35.0 Å². The number of nitrogens with one attached hydrogen (secondary N) is 1. The lowest BCUT2D eigenvalue weighted by Gasteiger charge is -2.30. The fourth-order valence-corrected chi connectivity index (χ4v) is 5.11. The number of aromatic amines is 1. The molecule has 1 aliphatic carbocycles. The first-order valence-corrected chi connectivity index (χ1v) is 13.1. The number of halogens is 2. The van der Waals surface area contributed by atoms with Gasteiger partial charge in [-0.05, 0) is 37.3 Å². The molecule has 7 nitrogen and oxygen atoms in total. The molecule has 2 heterocycles. The van der Waals surface area contributed by atoms with E-state index in [4.69, 9.17) is 16.7 Å². The lowest BCUT2D eigenvalue weighted by atomic mass is 9.85. The van der Waals surface area contributed by atoms with Crippen molar-refractivity contribution in [3.63, 3.8) is 0 Å². The molecule has 0 spiro atoms. The van der Waals surface area contributed by atoms with E-state index in [0.717, 1.165) is 31.2 Å². The summed E-state index contributed by atoms with van der Waals surface area (Å²) >= 11 is 6.31. The van der Waals surface area contributed by atoms with E-state index in [0.29, 0.717) is 28.5 Å². The first-order chi connectivity index (χ1) is 15.0. The number of pyridine rings is 1. The highest BCUT2D eigenvalue weighted by molar-refractivity contribution is 7.91. The van der Waals surface area contributed by atoms with Gasteiger partial charge in [0, 0.05) is 12.2 Å². The molecule has 0 aromatic carbocycles. The zero-order valence-electron chi connectivity index (χ0n) is 18.8. The lowest BCUT2D eigenvalue weighted by molar-refractivity contribution is -0.144. The highest BCUT2D eigenvalue weighted by atomic mass is 35.5. The SMILES string of the molecule is CCC[C@@H](c1[nH]c(-c2ccc(F)cn2)nc1Cl)[C@@H](C)CC.CS(=O)(=O)C1CC(C(=O)O)C1. The van der Waals surface area contributed by atoms with Crippen molar-refractivity contribution in [2.45, 2.75) is 64.0 Å². The number of carboxylic acids is 1. The molecule has 1 aliphatic rings. The molecule has 0 unspecified atom stereocenters. The number of hydrogen-bond donors (Lipinski definition) is 2. The van der Waals surface area contributed by atoms with Gasteiger partial charge in [0.2, 0.25) is 0 Å². The van der Waals surface area contributed by atoms with E-state index in [1.807, 2.05) is 0 Å². The van der Waals surface area contributed by atoms with E-state index < -0.39 is 27.0 Å². The van der Waals surface area contributed by atoms with Gasteiger partial charge in [0.05, 0.1) is 23.1 Å². The molecule has 2 N–H and O–H groups in total. The number of hydrogen-bond acceptors (Lipinski definition) is 5. The van der Waals surface area contributed by atoms with Crippen LogP contribution in [0.5, 0.6) is 0 Å². The molecule has 0 saturated heterocycles. The van der Waals surface area contributed by atoms with Crippen LogP contribution in [0.4, 0.5) is 4.39 Å². The van der Waals surface area contributed by atoms with Crippen molar-refractivity contribution in [3.8, 4) is 11.5 Å². The number of aromatic nitrogens is 3. The highest BCUT2D eigenvalue weighted by Gasteiger charge is 2.40. The molecule has 1 saturated carbocycles. The Balaban J connectivity index is 0.000000278. The minimum atomic E-state index is -3.00. The van der Waals surface area contributed by atoms with E-state index in [1.165, 1.54) is 12.3 Å². The number of aliphatic carboxylic acids is 1. The number of carbonyl (C=O) groups is 1. The van der Waals surface area contributed by atoms with E-state index >= 15 is 0 Å². The molecule has 0 aliphatic heterocycles. The molecule has 2 aromatic heterocycles. The number of rotatable bonds is 8. The maximum Gasteiger partial charge on any atom is 0.306 e. The number of nitrogens with zero attached hydrogens (tertiary/aromatic N) is 2. The first-order valence-electron chi connectivity index (χ1n) is 10.8. The van der Waals surface area contributed by atoms with Crippen LogP contribution < -0.4 is 0 Å². The van der Waals surface area contributed by atoms with E-state index in [9.17, 15) is 17.6 Å². The van der Waals surface area contributed by atoms with Gasteiger partial charge in [-0.3, -0.25) is 4.79 Å². The van der Waals surface area contributed by atoms with Gasteiger partial charge in [0.15, 0.2) is 11.0 Å². The van der Waals surface area contributed by atoms with Crippen LogP contribution in [-0.2, 0) is 14.6 Å². The Labute approximate surface area is 193 Å². The van der Waals surface area contributed by atoms with Gasteiger partial charge < -0.3 is 10.1 Å². The van der Waals surface area contributed by atoms with Crippen LogP contribution in [0.15, 0.2) is 18.3 Å². The van der Waals surface area contributed by atoms with Gasteiger partial charge in [0.25, 0.3) is 0 Å². The van der Waals surface area contributed by atoms with Crippen molar-refractivity contribution in [1.82, 2.24) is 15.0 Å². The topological polar surface area (TPSA) is 113 Å². The summed E-state index contributed by atoms with van der Waals surface area (Å²) in [4.78, 5) is 21.9. The Bertz CT molecular complexity index is 1000. The van der Waals surface area contributed by atoms with Crippen molar-refractivity contribution in [2.24, 2.45) is 11.8 Å². The molecule has 178 valence electrons. The summed E-state index contributed by atoms with van der Waals surface area (Å²) in [6.07, 6.45) is 6.15. The third-order valence-corrected chi connectivity index (χ3v) is 7.89. The molecule has 0 radical (unpaired) electrons. The average Bonchev–Trinajstić information content (AvgIpc) is 3.05. The Morgan fingerprint density at radius 3 is 2.47 bits per heavy atom. The first kappa shape index (κ1) is 26.3. The Morgan fingerprint density at radius 2 is 2.00 bits per heavy atom. The third kappa shape index (κ3) is 6.75. The minimum Gasteiger partial charge on any atom is -0.481 e. The molecule has 2 aromatic rings. The van der Waals surface area contributed by atoms with Crippen LogP contribution in [0, 0.1) is 17.7 Å². The number of carboxylic acid groups (broad SMARTS) is 1. The van der Waals surface area contributed by atoms with Gasteiger partial charge >= 0.3 is 5.97 Å². The predicted octanol–water partition coefficient (Wildman–Crippen LogP) is 5.09. The Morgan fingerprint density at radius 1 is 1.34 bits per heavy atom. The van der Waals surface area contributed by atoms with Gasteiger partial charge in [-0.15, -0.1) is 0 Å². The van der Waals surface area contributed by atoms with E-state index in [2.05, 4.69) is 35.7 Å². The quantitative estimate of drug-likeness (QED) is 0.536. The van der Waals surface area contributed by atoms with Crippen LogP contribution >= 0.6 is 11.6 Å². The fraction of sp³-hybridized carbons (Fsp3) is 0.591. The summed E-state index contributed by atoms with van der Waals surface area (Å²) in [5.74, 6) is -0.203. The summed E-state index contributed by atoms with van der Waals surface area (Å²) in [5, 5.41) is 8.50. The summed E-state index contributed by atoms with van der Waals surface area (Å²) in [7, 11) is -3.00. The number of H-pyrrole nitrogens is 1. The van der Waals surface area contributed by atoms with Crippen LogP contribution in [0.1, 0.15) is 64.5 Å². The second kappa shape index (κ2) is 11.2. The summed E-state index contributed by atoms with van der Waals surface area (Å²) in [6.45, 7) is 6.58. The molecule has 2 atom stereocenters. The van der Waals surface area contributed by atoms with Crippen LogP contribution in [0.25, 0.3) is 11.5 Å². The van der Waals surface area contributed by atoms with E-state index in [1.54, 1.807) is 6.07 Å². The standard InChI is InChI=1S/C16H21ClFN3.C6H10O4S/c1-4-6-12(10(3)5-2)14-15(17)21-16(20-14)13-8-7-11(18)9-19-13;1-11(9,10)5-2-4(3-5)6(7)8/h7-10,12H,4-6H2,1-3H3,(H,20,21);4-5H,2-3H2,1H3,(H,7,8)/t10-,12+;/m0./s1. The molecular weight excluding hydrogens is 457 g/mol. The second-order valence-corrected chi connectivity index (χ2v) is 11.1. The van der Waals surface area contributed by atoms with Crippen LogP contribution in [0.2, 0.25) is 5.15 Å². The summed E-state index contributed by atoms with van der Waals surface area (Å²) in [5.41, 5.74) is 1.57. The van der Waals surface area contributed by atoms with Gasteiger partial charge in [-0.1, -0.05) is 45.2 Å². The van der Waals surface area contributed by atoms with Crippen molar-refractivity contribution < 1.29 is 22.7 Å². The Kier molecular flexibility index (Phi) is 9.21. The third-order valence-electron chi connectivity index (χ3n) is 6.01. The van der Waals surface area contributed by atoms with Crippen LogP contribution in [-0.4, -0.2) is 46.0 Å². The predicted molar refractivity (Wildman–Crippen MR) is 123 cm³/mol. The monoisotopic (exact) mass is 487 g/mol. The minimum absolute atomic E-state index is 0.286. The smallest absolute Gasteiger partial charge is 0.306 e. The van der Waals surface area contributed by atoms with Crippen molar-refractivity contribution in [1.29, 1.82) is 0 Å². The number of sulfone groups is 1. The largest absolute Gasteiger partial charge is 0.481 e. The molecule has 1 fully saturated rings. The van der Waals surface area contributed by atoms with Crippen molar-refractivity contribution >= 4 is 27.4 Å². The molecule has 3 rings (SSSR count). The Hall–Kier alpha value is -2.00. The molecule has 10 heteroatoms. The maximum atomic E-state index is 12.9. The van der Waals surface area contributed by atoms with Gasteiger partial charge in [-0.25, -0.2) is 22.8 Å². The van der Waals surface area contributed by atoms with Gasteiger partial charge in [0.1, 0.15) is 21.3 Å². The molecule has 0 amide bonds. The normalized spacial score (nSPS) is 19.9. The van der Waals surface area contributed by atoms with Gasteiger partial charge in [-0.2, -0.15) is 0 Å². The maximum absolute atomic E-state index is 12.9.